The van der Waals surface area contributed by atoms with E-state index >= 15 is 0 Å². The number of esters is 1. The zero-order valence-corrected chi connectivity index (χ0v) is 7.29. The minimum absolute atomic E-state index is 0.204. The van der Waals surface area contributed by atoms with Crippen LogP contribution in [-0.4, -0.2) is 21.4 Å². The van der Waals surface area contributed by atoms with Crippen LogP contribution in [0.4, 0.5) is 0 Å². The first-order valence-electron chi connectivity index (χ1n) is 3.59. The van der Waals surface area contributed by atoms with Crippen LogP contribution in [0.15, 0.2) is 6.20 Å². The molecule has 0 aliphatic rings. The van der Waals surface area contributed by atoms with Crippen LogP contribution in [0, 0.1) is 5.41 Å². The number of rotatable bonds is 1. The van der Waals surface area contributed by atoms with Gasteiger partial charge in [-0.3, -0.25) is 9.89 Å². The summed E-state index contributed by atoms with van der Waals surface area (Å²) >= 11 is 0. The van der Waals surface area contributed by atoms with Crippen molar-refractivity contribution in [1.82, 2.24) is 15.4 Å². The molecule has 12 heavy (non-hydrogen) atoms. The smallest absolute Gasteiger partial charge is 0.318 e. The van der Waals surface area contributed by atoms with E-state index in [4.69, 9.17) is 4.74 Å². The molecule has 1 aromatic heterocycles. The molecule has 1 rings (SSSR count). The van der Waals surface area contributed by atoms with Crippen LogP contribution in [0.1, 0.15) is 20.8 Å². The molecular formula is C7H11N3O2. The van der Waals surface area contributed by atoms with Crippen LogP contribution in [0.5, 0.6) is 5.88 Å². The van der Waals surface area contributed by atoms with Gasteiger partial charge in [0.1, 0.15) is 0 Å². The minimum Gasteiger partial charge on any atom is -0.404 e. The Bertz CT molecular complexity index is 261. The second-order valence-electron chi connectivity index (χ2n) is 3.45. The lowest BCUT2D eigenvalue weighted by Gasteiger charge is -2.14. The van der Waals surface area contributed by atoms with Gasteiger partial charge in [0, 0.05) is 0 Å². The molecule has 0 aromatic carbocycles. The van der Waals surface area contributed by atoms with Gasteiger partial charge in [-0.05, 0) is 20.8 Å². The molecule has 0 aliphatic heterocycles. The van der Waals surface area contributed by atoms with Crippen LogP contribution in [0.25, 0.3) is 0 Å². The Balaban J connectivity index is 2.60. The molecule has 0 saturated heterocycles. The van der Waals surface area contributed by atoms with Gasteiger partial charge in [-0.25, -0.2) is 0 Å². The number of H-pyrrole nitrogens is 1. The summed E-state index contributed by atoms with van der Waals surface area (Å²) in [6.07, 6.45) is 1.42. The van der Waals surface area contributed by atoms with Crippen LogP contribution in [-0.2, 0) is 4.79 Å². The Morgan fingerprint density at radius 2 is 2.25 bits per heavy atom. The number of carbonyl (C=O) groups excluding carboxylic acids is 1. The number of aromatic amines is 1. The average Bonchev–Trinajstić information content (AvgIpc) is 2.37. The van der Waals surface area contributed by atoms with Crippen LogP contribution in [0.2, 0.25) is 0 Å². The highest BCUT2D eigenvalue weighted by molar-refractivity contribution is 5.77. The lowest BCUT2D eigenvalue weighted by Crippen LogP contribution is -2.25. The van der Waals surface area contributed by atoms with Crippen LogP contribution in [0.3, 0.4) is 0 Å². The molecule has 5 heteroatoms. The topological polar surface area (TPSA) is 67.9 Å². The number of nitrogens with one attached hydrogen (secondary N) is 1. The third kappa shape index (κ3) is 2.05. The normalized spacial score (nSPS) is 11.2. The van der Waals surface area contributed by atoms with Gasteiger partial charge in [-0.15, -0.1) is 0 Å². The SMILES string of the molecule is CC(C)(C)C(=O)Oc1c[nH]nn1. The van der Waals surface area contributed by atoms with E-state index in [0.717, 1.165) is 0 Å². The molecule has 66 valence electrons. The Kier molecular flexibility index (Phi) is 2.12. The summed E-state index contributed by atoms with van der Waals surface area (Å²) in [5, 5.41) is 9.37. The third-order valence-electron chi connectivity index (χ3n) is 1.20. The van der Waals surface area contributed by atoms with Gasteiger partial charge in [0.15, 0.2) is 0 Å². The highest BCUT2D eigenvalue weighted by atomic mass is 16.5. The van der Waals surface area contributed by atoms with Crippen molar-refractivity contribution in [3.8, 4) is 5.88 Å². The largest absolute Gasteiger partial charge is 0.404 e. The van der Waals surface area contributed by atoms with Crippen molar-refractivity contribution in [2.24, 2.45) is 5.41 Å². The lowest BCUT2D eigenvalue weighted by atomic mass is 9.97. The summed E-state index contributed by atoms with van der Waals surface area (Å²) in [7, 11) is 0. The fourth-order valence-corrected chi connectivity index (χ4v) is 0.489. The molecule has 5 nitrogen and oxygen atoms in total. The maximum atomic E-state index is 11.2. The quantitative estimate of drug-likeness (QED) is 0.630. The van der Waals surface area contributed by atoms with E-state index < -0.39 is 5.41 Å². The summed E-state index contributed by atoms with van der Waals surface area (Å²) in [5.41, 5.74) is -0.515. The van der Waals surface area contributed by atoms with Crippen molar-refractivity contribution in [3.63, 3.8) is 0 Å². The van der Waals surface area contributed by atoms with Gasteiger partial charge in [-0.1, -0.05) is 10.3 Å². The Morgan fingerprint density at radius 3 is 2.67 bits per heavy atom. The maximum Gasteiger partial charge on any atom is 0.318 e. The first-order valence-corrected chi connectivity index (χ1v) is 3.59. The Labute approximate surface area is 70.1 Å². The predicted molar refractivity (Wildman–Crippen MR) is 41.5 cm³/mol. The number of carbonyl (C=O) groups is 1. The van der Waals surface area contributed by atoms with Gasteiger partial charge in [0.05, 0.1) is 11.6 Å². The molecule has 0 aliphatic carbocycles. The molecule has 0 bridgehead atoms. The van der Waals surface area contributed by atoms with Crippen molar-refractivity contribution >= 4 is 5.97 Å². The van der Waals surface area contributed by atoms with Gasteiger partial charge < -0.3 is 4.74 Å². The lowest BCUT2D eigenvalue weighted by molar-refractivity contribution is -0.143. The molecule has 1 N–H and O–H groups in total. The number of nitrogens with zero attached hydrogens (tertiary/aromatic N) is 2. The summed E-state index contributed by atoms with van der Waals surface area (Å²) in [6, 6.07) is 0. The zero-order valence-electron chi connectivity index (χ0n) is 7.29. The number of hydrogen-bond donors (Lipinski definition) is 1. The molecule has 0 radical (unpaired) electrons. The molecule has 1 heterocycles. The number of ether oxygens (including phenoxy) is 1. The second-order valence-corrected chi connectivity index (χ2v) is 3.45. The van der Waals surface area contributed by atoms with Crippen molar-refractivity contribution in [2.75, 3.05) is 0 Å². The summed E-state index contributed by atoms with van der Waals surface area (Å²) in [6.45, 7) is 5.32. The first kappa shape index (κ1) is 8.70. The maximum absolute atomic E-state index is 11.2. The number of hydrogen-bond acceptors (Lipinski definition) is 4. The fraction of sp³-hybridized carbons (Fsp3) is 0.571. The molecule has 0 spiro atoms. The Morgan fingerprint density at radius 1 is 1.58 bits per heavy atom. The van der Waals surface area contributed by atoms with E-state index in [-0.39, 0.29) is 11.8 Å². The van der Waals surface area contributed by atoms with E-state index in [2.05, 4.69) is 15.4 Å². The average molecular weight is 169 g/mol. The molecular weight excluding hydrogens is 158 g/mol. The van der Waals surface area contributed by atoms with Gasteiger partial charge in [-0.2, -0.15) is 0 Å². The fourth-order valence-electron chi connectivity index (χ4n) is 0.489. The minimum atomic E-state index is -0.515. The van der Waals surface area contributed by atoms with Crippen LogP contribution < -0.4 is 4.74 Å². The van der Waals surface area contributed by atoms with Crippen LogP contribution >= 0.6 is 0 Å². The van der Waals surface area contributed by atoms with Gasteiger partial charge in [0.25, 0.3) is 5.88 Å². The van der Waals surface area contributed by atoms with E-state index in [9.17, 15) is 4.79 Å². The first-order chi connectivity index (χ1) is 5.50. The molecule has 0 atom stereocenters. The highest BCUT2D eigenvalue weighted by Crippen LogP contribution is 2.16. The second kappa shape index (κ2) is 2.92. The molecule has 0 saturated carbocycles. The van der Waals surface area contributed by atoms with Gasteiger partial charge in [0.2, 0.25) is 0 Å². The van der Waals surface area contributed by atoms with Crippen molar-refractivity contribution in [1.29, 1.82) is 0 Å². The summed E-state index contributed by atoms with van der Waals surface area (Å²) in [5.74, 6) is -0.119. The molecule has 0 amide bonds. The van der Waals surface area contributed by atoms with E-state index in [1.165, 1.54) is 6.20 Å². The molecule has 0 fully saturated rings. The van der Waals surface area contributed by atoms with Gasteiger partial charge >= 0.3 is 5.97 Å². The van der Waals surface area contributed by atoms with Crippen molar-refractivity contribution in [2.45, 2.75) is 20.8 Å². The highest BCUT2D eigenvalue weighted by Gasteiger charge is 2.24. The zero-order chi connectivity index (χ0) is 9.19. The molecule has 0 unspecified atom stereocenters. The van der Waals surface area contributed by atoms with Crippen molar-refractivity contribution in [3.05, 3.63) is 6.20 Å². The number of aromatic nitrogens is 3. The predicted octanol–water partition coefficient (Wildman–Crippen LogP) is 0.756. The standard InChI is InChI=1S/C7H11N3O2/c1-7(2,3)6(11)12-5-4-8-10-9-5/h4H,1-3H3,(H,8,9,10). The monoisotopic (exact) mass is 169 g/mol. The van der Waals surface area contributed by atoms with Crippen molar-refractivity contribution < 1.29 is 9.53 Å². The third-order valence-corrected chi connectivity index (χ3v) is 1.20. The summed E-state index contributed by atoms with van der Waals surface area (Å²) < 4.78 is 4.88. The summed E-state index contributed by atoms with van der Waals surface area (Å²) in [4.78, 5) is 11.2. The molecule has 1 aromatic rings. The van der Waals surface area contributed by atoms with E-state index in [1.54, 1.807) is 20.8 Å². The Hall–Kier alpha value is -1.39. The van der Waals surface area contributed by atoms with E-state index in [1.807, 2.05) is 0 Å². The van der Waals surface area contributed by atoms with E-state index in [0.29, 0.717) is 0 Å².